The molecule has 0 saturated heterocycles. The molecule has 0 saturated carbocycles. The summed E-state index contributed by atoms with van der Waals surface area (Å²) in [5.74, 6) is 0.411. The Hall–Kier alpha value is -4.63. The van der Waals surface area contributed by atoms with Gasteiger partial charge in [0.25, 0.3) is 0 Å². The first-order valence-electron chi connectivity index (χ1n) is 17.4. The first-order valence-corrected chi connectivity index (χ1v) is 17.4. The van der Waals surface area contributed by atoms with Gasteiger partial charge < -0.3 is 0 Å². The third-order valence-corrected chi connectivity index (χ3v) is 10.6. The van der Waals surface area contributed by atoms with Crippen molar-refractivity contribution in [2.75, 3.05) is 0 Å². The fraction of sp³-hybridized carbons (Fsp3) is 0.119. The van der Waals surface area contributed by atoms with E-state index in [9.17, 15) is 0 Å². The maximum atomic E-state index is 6.64. The third-order valence-electron chi connectivity index (χ3n) is 10.6. The van der Waals surface area contributed by atoms with Crippen LogP contribution >= 0.6 is 0 Å². The van der Waals surface area contributed by atoms with E-state index < -0.39 is 10.4 Å². The number of imidazole rings is 1. The Labute approximate surface area is 323 Å². The smallest absolute Gasteiger partial charge is 0.113 e. The van der Waals surface area contributed by atoms with Crippen molar-refractivity contribution in [1.82, 2.24) is 9.55 Å². The molecule has 11 heteroatoms. The molecule has 7 aromatic rings. The second-order valence-corrected chi connectivity index (χ2v) is 14.1. The van der Waals surface area contributed by atoms with E-state index in [1.54, 1.807) is 6.92 Å². The van der Waals surface area contributed by atoms with Gasteiger partial charge >= 0.3 is 0 Å². The third kappa shape index (κ3) is 5.65. The highest BCUT2D eigenvalue weighted by Crippen LogP contribution is 2.45. The molecular formula is C42H25B9N2. The molecule has 230 valence electrons. The number of aryl methyl sites for hydroxylation is 1. The normalized spacial score (nSPS) is 13.1. The maximum Gasteiger partial charge on any atom is 0.113 e. The Balaban J connectivity index is 1.28. The maximum absolute atomic E-state index is 6.64. The molecule has 1 aliphatic carbocycles. The number of aromatic nitrogens is 2. The lowest BCUT2D eigenvalue weighted by molar-refractivity contribution is 0.664. The van der Waals surface area contributed by atoms with Crippen molar-refractivity contribution >= 4 is 126 Å². The average molecular weight is 655 g/mol. The molecule has 8 rings (SSSR count). The molecular weight excluding hydrogens is 630 g/mol. The van der Waals surface area contributed by atoms with Gasteiger partial charge in [0.1, 0.15) is 45.1 Å². The van der Waals surface area contributed by atoms with Crippen LogP contribution in [0.4, 0.5) is 0 Å². The van der Waals surface area contributed by atoms with Crippen LogP contribution < -0.4 is 27.3 Å². The Morgan fingerprint density at radius 3 is 1.42 bits per heavy atom. The van der Waals surface area contributed by atoms with Gasteiger partial charge in [-0.3, -0.25) is 4.57 Å². The van der Waals surface area contributed by atoms with Gasteiger partial charge in [0.05, 0.1) is 42.8 Å². The van der Waals surface area contributed by atoms with Gasteiger partial charge in [-0.15, -0.1) is 21.6 Å². The summed E-state index contributed by atoms with van der Waals surface area (Å²) in [7, 11) is 57.1. The molecule has 1 aliphatic rings. The molecule has 0 amide bonds. The van der Waals surface area contributed by atoms with E-state index >= 15 is 0 Å². The molecule has 6 aromatic carbocycles. The number of rotatable bonds is 6. The van der Waals surface area contributed by atoms with Crippen LogP contribution in [0.1, 0.15) is 30.6 Å². The SMILES string of the molecule is [B]c1c([B])c([B])c(-c2ccc(-c3c4ccccc4c(-c4ccc(-n5c(C([B])([B])C([B])([B])C)nc6c5C=CCC6)cc4)c4ccccc34)cc2)c([B])c1[B]. The average Bonchev–Trinajstić information content (AvgIpc) is 3.56. The topological polar surface area (TPSA) is 17.8 Å². The van der Waals surface area contributed by atoms with Crippen LogP contribution in [0.25, 0.3) is 66.7 Å². The van der Waals surface area contributed by atoms with Crippen molar-refractivity contribution in [2.24, 2.45) is 0 Å². The predicted octanol–water partition coefficient (Wildman–Crippen LogP) is 3.07. The quantitative estimate of drug-likeness (QED) is 0.199. The van der Waals surface area contributed by atoms with E-state index in [4.69, 9.17) is 75.6 Å². The highest BCUT2D eigenvalue weighted by atomic mass is 15.1. The molecule has 1 heterocycles. The Bertz CT molecular complexity index is 2530. The molecule has 18 radical (unpaired) electrons. The van der Waals surface area contributed by atoms with E-state index in [0.717, 1.165) is 79.3 Å². The highest BCUT2D eigenvalue weighted by molar-refractivity contribution is 6.68. The Kier molecular flexibility index (Phi) is 8.71. The minimum atomic E-state index is -1.60. The van der Waals surface area contributed by atoms with E-state index in [1.165, 1.54) is 0 Å². The molecule has 0 N–H and O–H groups in total. The minimum Gasteiger partial charge on any atom is -0.297 e. The van der Waals surface area contributed by atoms with E-state index in [2.05, 4.69) is 97.1 Å². The minimum absolute atomic E-state index is 0.189. The van der Waals surface area contributed by atoms with Crippen molar-refractivity contribution < 1.29 is 0 Å². The number of benzene rings is 6. The van der Waals surface area contributed by atoms with E-state index in [-0.39, 0.29) is 16.4 Å². The number of fused-ring (bicyclic) bond motifs is 3. The lowest BCUT2D eigenvalue weighted by Crippen LogP contribution is -2.55. The molecule has 0 aliphatic heterocycles. The van der Waals surface area contributed by atoms with Crippen LogP contribution in [0.3, 0.4) is 0 Å². The van der Waals surface area contributed by atoms with Gasteiger partial charge in [0, 0.05) is 5.69 Å². The fourth-order valence-corrected chi connectivity index (χ4v) is 7.52. The lowest BCUT2D eigenvalue weighted by atomic mass is 9.30. The lowest BCUT2D eigenvalue weighted by Gasteiger charge is -2.41. The summed E-state index contributed by atoms with van der Waals surface area (Å²) >= 11 is 0. The van der Waals surface area contributed by atoms with Crippen molar-refractivity contribution in [2.45, 2.75) is 30.2 Å². The zero-order valence-electron chi connectivity index (χ0n) is 29.4. The fourth-order valence-electron chi connectivity index (χ4n) is 7.52. The molecule has 0 spiro atoms. The van der Waals surface area contributed by atoms with Gasteiger partial charge in [0.2, 0.25) is 0 Å². The first kappa shape index (κ1) is 35.4. The summed E-state index contributed by atoms with van der Waals surface area (Å²) in [6.07, 6.45) is 5.83. The van der Waals surface area contributed by atoms with Crippen molar-refractivity contribution in [3.05, 3.63) is 120 Å². The molecule has 0 atom stereocenters. The van der Waals surface area contributed by atoms with Gasteiger partial charge in [0.15, 0.2) is 0 Å². The summed E-state index contributed by atoms with van der Waals surface area (Å²) in [4.78, 5) is 4.88. The van der Waals surface area contributed by atoms with Crippen molar-refractivity contribution in [3.8, 4) is 39.1 Å². The zero-order valence-corrected chi connectivity index (χ0v) is 29.4. The van der Waals surface area contributed by atoms with Gasteiger partial charge in [-0.1, -0.05) is 114 Å². The van der Waals surface area contributed by atoms with Gasteiger partial charge in [-0.2, -0.15) is 0 Å². The van der Waals surface area contributed by atoms with Crippen LogP contribution in [0.5, 0.6) is 0 Å². The molecule has 0 fully saturated rings. The van der Waals surface area contributed by atoms with Gasteiger partial charge in [-0.05, 0) is 86.0 Å². The predicted molar refractivity (Wildman–Crippen MR) is 232 cm³/mol. The monoisotopic (exact) mass is 656 g/mol. The Morgan fingerprint density at radius 2 is 0.962 bits per heavy atom. The van der Waals surface area contributed by atoms with Crippen molar-refractivity contribution in [1.29, 1.82) is 0 Å². The summed E-state index contributed by atoms with van der Waals surface area (Å²) in [6.45, 7) is 1.61. The summed E-state index contributed by atoms with van der Waals surface area (Å²) in [6, 6.07) is 33.4. The van der Waals surface area contributed by atoms with Crippen LogP contribution in [0.2, 0.25) is 5.21 Å². The van der Waals surface area contributed by atoms with Crippen LogP contribution in [0, 0.1) is 0 Å². The number of hydrogen-bond acceptors (Lipinski definition) is 1. The van der Waals surface area contributed by atoms with E-state index in [1.807, 2.05) is 16.7 Å². The number of allylic oxidation sites excluding steroid dienone is 1. The van der Waals surface area contributed by atoms with Gasteiger partial charge in [-0.25, -0.2) is 4.98 Å². The zero-order chi connectivity index (χ0) is 37.4. The van der Waals surface area contributed by atoms with Crippen molar-refractivity contribution in [3.63, 3.8) is 0 Å². The summed E-state index contributed by atoms with van der Waals surface area (Å²) < 4.78 is 1.98. The summed E-state index contributed by atoms with van der Waals surface area (Å²) in [5.41, 5.74) is 9.57. The molecule has 53 heavy (non-hydrogen) atoms. The second-order valence-electron chi connectivity index (χ2n) is 14.1. The molecule has 0 unspecified atom stereocenters. The number of hydrogen-bond donors (Lipinski definition) is 0. The standard InChI is InChI=1S/C42H25B9N2/c1-41(48,49)42(50,51)40-52-30-12-6-7-13-31(30)53(40)25-20-18-23(19-21-25)33-28-10-4-2-8-26(28)32(27-9-3-5-11-29(27)33)22-14-16-24(17-15-22)34-35(43)37(45)39(47)38(46)36(34)44/h2-5,7-11,13-21H,6,12H2,1H3. The largest absolute Gasteiger partial charge is 0.297 e. The highest BCUT2D eigenvalue weighted by Gasteiger charge is 2.38. The van der Waals surface area contributed by atoms with Crippen LogP contribution in [-0.2, 0) is 11.6 Å². The number of nitrogens with zero attached hydrogens (tertiary/aromatic N) is 2. The Morgan fingerprint density at radius 1 is 0.547 bits per heavy atom. The van der Waals surface area contributed by atoms with Crippen LogP contribution in [-0.4, -0.2) is 80.2 Å². The summed E-state index contributed by atoms with van der Waals surface area (Å²) in [5, 5.41) is 1.40. The first-order chi connectivity index (χ1) is 25.3. The molecule has 2 nitrogen and oxygen atoms in total. The van der Waals surface area contributed by atoms with E-state index in [0.29, 0.717) is 22.3 Å². The van der Waals surface area contributed by atoms with Crippen LogP contribution in [0.15, 0.2) is 103 Å². The second kappa shape index (κ2) is 13.0. The molecule has 0 bridgehead atoms. The molecule has 1 aromatic heterocycles.